The van der Waals surface area contributed by atoms with Crippen molar-refractivity contribution in [2.75, 3.05) is 13.7 Å². The van der Waals surface area contributed by atoms with Crippen LogP contribution in [0.3, 0.4) is 0 Å². The average molecular weight is 515 g/mol. The van der Waals surface area contributed by atoms with Gasteiger partial charge in [0.2, 0.25) is 0 Å². The first kappa shape index (κ1) is 30.0. The van der Waals surface area contributed by atoms with Crippen LogP contribution in [-0.2, 0) is 4.74 Å². The van der Waals surface area contributed by atoms with E-state index in [1.165, 1.54) is 105 Å². The van der Waals surface area contributed by atoms with Gasteiger partial charge in [-0.15, -0.1) is 0 Å². The Balaban J connectivity index is 1.34. The lowest BCUT2D eigenvalue weighted by atomic mass is 9.94. The zero-order valence-corrected chi connectivity index (χ0v) is 24.2. The molecule has 2 heteroatoms. The minimum absolute atomic E-state index is 0.123. The van der Waals surface area contributed by atoms with Crippen molar-refractivity contribution in [3.63, 3.8) is 0 Å². The van der Waals surface area contributed by atoms with Gasteiger partial charge in [-0.1, -0.05) is 145 Å². The van der Waals surface area contributed by atoms with Crippen LogP contribution in [0, 0.1) is 0 Å². The fourth-order valence-electron chi connectivity index (χ4n) is 5.17. The van der Waals surface area contributed by atoms with Crippen molar-refractivity contribution in [1.82, 2.24) is 0 Å². The van der Waals surface area contributed by atoms with Crippen molar-refractivity contribution in [3.05, 3.63) is 78.4 Å². The smallest absolute Gasteiger partial charge is 0.118 e. The number of rotatable bonds is 19. The second-order valence-corrected chi connectivity index (χ2v) is 10.7. The first-order valence-corrected chi connectivity index (χ1v) is 15.2. The topological polar surface area (TPSA) is 18.5 Å². The zero-order chi connectivity index (χ0) is 26.8. The maximum atomic E-state index is 6.18. The van der Waals surface area contributed by atoms with E-state index < -0.39 is 0 Å². The van der Waals surface area contributed by atoms with E-state index in [4.69, 9.17) is 9.47 Å². The summed E-state index contributed by atoms with van der Waals surface area (Å²) < 4.78 is 11.5. The Morgan fingerprint density at radius 1 is 0.553 bits per heavy atom. The normalized spacial score (nSPS) is 12.0. The molecule has 0 aliphatic heterocycles. The lowest BCUT2D eigenvalue weighted by Crippen LogP contribution is -2.02. The van der Waals surface area contributed by atoms with E-state index in [1.54, 1.807) is 7.11 Å². The van der Waals surface area contributed by atoms with Crippen LogP contribution in [0.2, 0.25) is 0 Å². The molecule has 0 heterocycles. The third-order valence-electron chi connectivity index (χ3n) is 7.63. The maximum Gasteiger partial charge on any atom is 0.118 e. The molecule has 3 aromatic carbocycles. The van der Waals surface area contributed by atoms with Gasteiger partial charge >= 0.3 is 0 Å². The van der Waals surface area contributed by atoms with Crippen LogP contribution in [0.15, 0.2) is 72.8 Å². The Morgan fingerprint density at radius 3 is 1.47 bits per heavy atom. The van der Waals surface area contributed by atoms with Gasteiger partial charge in [0, 0.05) is 6.61 Å². The van der Waals surface area contributed by atoms with Crippen LogP contribution in [0.4, 0.5) is 0 Å². The van der Waals surface area contributed by atoms with E-state index in [2.05, 4.69) is 74.5 Å². The van der Waals surface area contributed by atoms with Crippen LogP contribution >= 0.6 is 0 Å². The van der Waals surface area contributed by atoms with Gasteiger partial charge in [-0.2, -0.15) is 0 Å². The lowest BCUT2D eigenvalue weighted by molar-refractivity contribution is 0.0627. The van der Waals surface area contributed by atoms with Crippen LogP contribution < -0.4 is 4.74 Å². The van der Waals surface area contributed by atoms with E-state index in [-0.39, 0.29) is 6.10 Å². The molecule has 0 saturated heterocycles. The van der Waals surface area contributed by atoms with Crippen molar-refractivity contribution < 1.29 is 9.47 Å². The van der Waals surface area contributed by atoms with Crippen molar-refractivity contribution in [1.29, 1.82) is 0 Å². The molecule has 0 aliphatic carbocycles. The molecule has 2 nitrogen and oxygen atoms in total. The maximum absolute atomic E-state index is 6.18. The van der Waals surface area contributed by atoms with Gasteiger partial charge in [-0.25, -0.2) is 0 Å². The monoisotopic (exact) mass is 514 g/mol. The lowest BCUT2D eigenvalue weighted by Gasteiger charge is -2.15. The summed E-state index contributed by atoms with van der Waals surface area (Å²) >= 11 is 0. The number of unbranched alkanes of at least 4 members (excludes halogenated alkanes) is 12. The van der Waals surface area contributed by atoms with Gasteiger partial charge in [0.15, 0.2) is 0 Å². The molecule has 0 spiro atoms. The number of hydrogen-bond acceptors (Lipinski definition) is 2. The minimum Gasteiger partial charge on any atom is -0.497 e. The molecule has 0 amide bonds. The minimum atomic E-state index is 0.123. The Kier molecular flexibility index (Phi) is 14.1. The van der Waals surface area contributed by atoms with Crippen LogP contribution in [-0.4, -0.2) is 13.7 Å². The molecule has 0 radical (unpaired) electrons. The highest BCUT2D eigenvalue weighted by Crippen LogP contribution is 2.33. The molecule has 1 atom stereocenters. The first-order valence-electron chi connectivity index (χ1n) is 15.2. The third-order valence-corrected chi connectivity index (χ3v) is 7.63. The summed E-state index contributed by atoms with van der Waals surface area (Å²) in [5, 5.41) is 0. The number of ether oxygens (including phenoxy) is 2. The molecule has 1 unspecified atom stereocenters. The molecular formula is C36H50O2. The molecule has 0 aromatic heterocycles. The molecule has 0 aliphatic rings. The quantitative estimate of drug-likeness (QED) is 0.148. The molecule has 38 heavy (non-hydrogen) atoms. The van der Waals surface area contributed by atoms with E-state index in [0.717, 1.165) is 18.8 Å². The molecule has 0 fully saturated rings. The summed E-state index contributed by atoms with van der Waals surface area (Å²) in [6.45, 7) is 5.31. The summed E-state index contributed by atoms with van der Waals surface area (Å²) in [5.74, 6) is 0.878. The van der Waals surface area contributed by atoms with Crippen LogP contribution in [0.1, 0.15) is 109 Å². The fraction of sp³-hybridized carbons (Fsp3) is 0.500. The Morgan fingerprint density at radius 2 is 1.00 bits per heavy atom. The van der Waals surface area contributed by atoms with Gasteiger partial charge < -0.3 is 9.47 Å². The van der Waals surface area contributed by atoms with Crippen molar-refractivity contribution in [2.24, 2.45) is 0 Å². The van der Waals surface area contributed by atoms with Crippen LogP contribution in [0.25, 0.3) is 22.3 Å². The Bertz CT molecular complexity index is 1010. The van der Waals surface area contributed by atoms with E-state index in [0.29, 0.717) is 0 Å². The fourth-order valence-corrected chi connectivity index (χ4v) is 5.17. The van der Waals surface area contributed by atoms with E-state index in [9.17, 15) is 0 Å². The number of benzene rings is 3. The summed E-state index contributed by atoms with van der Waals surface area (Å²) in [7, 11) is 1.70. The predicted molar refractivity (Wildman–Crippen MR) is 164 cm³/mol. The summed E-state index contributed by atoms with van der Waals surface area (Å²) in [6, 6.07) is 25.8. The summed E-state index contributed by atoms with van der Waals surface area (Å²) in [6.07, 6.45) is 18.0. The second-order valence-electron chi connectivity index (χ2n) is 10.7. The highest BCUT2D eigenvalue weighted by Gasteiger charge is 2.10. The van der Waals surface area contributed by atoms with Gasteiger partial charge in [0.1, 0.15) is 5.75 Å². The van der Waals surface area contributed by atoms with Crippen molar-refractivity contribution >= 4 is 0 Å². The SMILES string of the molecule is CCCCCCCCCCCCCCCOC(C)c1ccc(-c2ccccc2-c2ccc(OC)cc2)cc1. The van der Waals surface area contributed by atoms with Gasteiger partial charge in [-0.05, 0) is 53.3 Å². The standard InChI is InChI=1S/C36H50O2/c1-4-5-6-7-8-9-10-11-12-13-14-15-18-29-38-30(2)31-21-23-32(24-22-31)35-19-16-17-20-36(35)33-25-27-34(37-3)28-26-33/h16-17,19-28,30H,4-15,18,29H2,1-3H3. The van der Waals surface area contributed by atoms with Crippen molar-refractivity contribution in [2.45, 2.75) is 103 Å². The third kappa shape index (κ3) is 10.3. The Hall–Kier alpha value is -2.58. The highest BCUT2D eigenvalue weighted by molar-refractivity contribution is 5.83. The molecule has 206 valence electrons. The summed E-state index contributed by atoms with van der Waals surface area (Å²) in [5.41, 5.74) is 6.13. The molecule has 0 N–H and O–H groups in total. The molecule has 0 bridgehead atoms. The predicted octanol–water partition coefficient (Wildman–Crippen LogP) is 11.2. The van der Waals surface area contributed by atoms with E-state index in [1.807, 2.05) is 12.1 Å². The molecule has 3 aromatic rings. The number of methoxy groups -OCH3 is 1. The molecule has 0 saturated carbocycles. The first-order chi connectivity index (χ1) is 18.7. The average Bonchev–Trinajstić information content (AvgIpc) is 2.97. The second kappa shape index (κ2) is 17.8. The molecular weight excluding hydrogens is 464 g/mol. The zero-order valence-electron chi connectivity index (χ0n) is 24.2. The summed E-state index contributed by atoms with van der Waals surface area (Å²) in [4.78, 5) is 0. The van der Waals surface area contributed by atoms with Crippen molar-refractivity contribution in [3.8, 4) is 28.0 Å². The number of hydrogen-bond donors (Lipinski definition) is 0. The Labute approximate surface area is 232 Å². The van der Waals surface area contributed by atoms with Gasteiger partial charge in [-0.3, -0.25) is 0 Å². The highest BCUT2D eigenvalue weighted by atomic mass is 16.5. The van der Waals surface area contributed by atoms with Crippen LogP contribution in [0.5, 0.6) is 5.75 Å². The largest absolute Gasteiger partial charge is 0.497 e. The van der Waals surface area contributed by atoms with Gasteiger partial charge in [0.25, 0.3) is 0 Å². The molecule has 3 rings (SSSR count). The van der Waals surface area contributed by atoms with E-state index >= 15 is 0 Å². The van der Waals surface area contributed by atoms with Gasteiger partial charge in [0.05, 0.1) is 13.2 Å².